The van der Waals surface area contributed by atoms with Crippen LogP contribution in [0.5, 0.6) is 0 Å². The summed E-state index contributed by atoms with van der Waals surface area (Å²) in [5.41, 5.74) is 0. The van der Waals surface area contributed by atoms with Gasteiger partial charge in [-0.2, -0.15) is 0 Å². The predicted molar refractivity (Wildman–Crippen MR) is 63.3 cm³/mol. The minimum absolute atomic E-state index is 0.00402. The van der Waals surface area contributed by atoms with E-state index in [4.69, 9.17) is 9.84 Å². The Bertz CT molecular complexity index is 188. The third-order valence-electron chi connectivity index (χ3n) is 2.27. The van der Waals surface area contributed by atoms with Gasteiger partial charge in [0.2, 0.25) is 5.91 Å². The Morgan fingerprint density at radius 3 is 2.75 bits per heavy atom. The minimum Gasteiger partial charge on any atom is -0.396 e. The maximum atomic E-state index is 11.6. The number of aliphatic hydroxyl groups is 1. The molecule has 0 aliphatic carbocycles. The predicted octanol–water partition coefficient (Wildman–Crippen LogP) is -0.158. The van der Waals surface area contributed by atoms with E-state index in [0.29, 0.717) is 19.6 Å². The van der Waals surface area contributed by atoms with Gasteiger partial charge < -0.3 is 15.2 Å². The van der Waals surface area contributed by atoms with Crippen LogP contribution in [0.1, 0.15) is 20.3 Å². The average molecular weight is 232 g/mol. The van der Waals surface area contributed by atoms with Crippen LogP contribution in [-0.2, 0) is 9.53 Å². The Kier molecular flexibility index (Phi) is 9.18. The summed E-state index contributed by atoms with van der Waals surface area (Å²) in [5, 5.41) is 11.6. The van der Waals surface area contributed by atoms with Gasteiger partial charge in [-0.15, -0.1) is 0 Å². The van der Waals surface area contributed by atoms with Crippen molar-refractivity contribution in [3.63, 3.8) is 0 Å². The number of carbonyl (C=O) groups is 1. The number of hydrogen-bond donors (Lipinski definition) is 2. The molecule has 1 amide bonds. The molecule has 0 saturated heterocycles. The van der Waals surface area contributed by atoms with Crippen LogP contribution >= 0.6 is 0 Å². The summed E-state index contributed by atoms with van der Waals surface area (Å²) in [4.78, 5) is 13.6. The van der Waals surface area contributed by atoms with Gasteiger partial charge >= 0.3 is 0 Å². The van der Waals surface area contributed by atoms with Gasteiger partial charge in [-0.1, -0.05) is 6.92 Å². The van der Waals surface area contributed by atoms with Crippen molar-refractivity contribution in [2.75, 3.05) is 40.0 Å². The summed E-state index contributed by atoms with van der Waals surface area (Å²) in [6, 6.07) is 0.0362. The van der Waals surface area contributed by atoms with Gasteiger partial charge in [-0.25, -0.2) is 0 Å². The molecule has 0 aromatic heterocycles. The smallest absolute Gasteiger partial charge is 0.234 e. The summed E-state index contributed by atoms with van der Waals surface area (Å²) >= 11 is 0. The lowest BCUT2D eigenvalue weighted by atomic mass is 10.3. The van der Waals surface area contributed by atoms with Crippen molar-refractivity contribution in [3.8, 4) is 0 Å². The maximum Gasteiger partial charge on any atom is 0.234 e. The highest BCUT2D eigenvalue weighted by Crippen LogP contribution is 1.91. The molecular weight excluding hydrogens is 208 g/mol. The zero-order valence-electron chi connectivity index (χ0n) is 10.5. The standard InChI is InChI=1S/C11H24N2O3/c1-4-13(6-5-7-14)8-11(15)12-10(2)9-16-3/h10,14H,4-9H2,1-3H3,(H,12,15). The fraction of sp³-hybridized carbons (Fsp3) is 0.909. The van der Waals surface area contributed by atoms with Gasteiger partial charge in [-0.05, 0) is 19.9 Å². The molecule has 0 radical (unpaired) electrons. The fourth-order valence-corrected chi connectivity index (χ4v) is 1.46. The number of hydrogen-bond acceptors (Lipinski definition) is 4. The van der Waals surface area contributed by atoms with Crippen molar-refractivity contribution in [3.05, 3.63) is 0 Å². The first-order valence-corrected chi connectivity index (χ1v) is 5.75. The highest BCUT2D eigenvalue weighted by molar-refractivity contribution is 5.78. The maximum absolute atomic E-state index is 11.6. The summed E-state index contributed by atoms with van der Waals surface area (Å²) in [7, 11) is 1.61. The lowest BCUT2D eigenvalue weighted by Crippen LogP contribution is -2.42. The molecule has 2 N–H and O–H groups in total. The molecule has 0 spiro atoms. The summed E-state index contributed by atoms with van der Waals surface area (Å²) in [6.07, 6.45) is 0.703. The molecule has 0 aromatic carbocycles. The molecule has 0 heterocycles. The van der Waals surface area contributed by atoms with Gasteiger partial charge in [0.1, 0.15) is 0 Å². The first-order valence-electron chi connectivity index (χ1n) is 5.75. The van der Waals surface area contributed by atoms with Gasteiger partial charge in [0.15, 0.2) is 0 Å². The normalized spacial score (nSPS) is 12.8. The minimum atomic E-state index is 0.00402. The van der Waals surface area contributed by atoms with E-state index in [2.05, 4.69) is 5.32 Å². The van der Waals surface area contributed by atoms with E-state index >= 15 is 0 Å². The zero-order valence-corrected chi connectivity index (χ0v) is 10.5. The van der Waals surface area contributed by atoms with Gasteiger partial charge in [0.05, 0.1) is 13.2 Å². The van der Waals surface area contributed by atoms with Crippen LogP contribution in [0, 0.1) is 0 Å². The molecule has 0 aromatic rings. The molecule has 0 saturated carbocycles. The lowest BCUT2D eigenvalue weighted by molar-refractivity contribution is -0.123. The van der Waals surface area contributed by atoms with Crippen molar-refractivity contribution in [2.24, 2.45) is 0 Å². The average Bonchev–Trinajstić information content (AvgIpc) is 2.24. The van der Waals surface area contributed by atoms with Crippen LogP contribution in [0.2, 0.25) is 0 Å². The zero-order chi connectivity index (χ0) is 12.4. The molecule has 0 bridgehead atoms. The van der Waals surface area contributed by atoms with Gasteiger partial charge in [0, 0.05) is 26.3 Å². The first-order chi connectivity index (χ1) is 7.63. The quantitative estimate of drug-likeness (QED) is 0.580. The second-order valence-corrected chi connectivity index (χ2v) is 3.87. The van der Waals surface area contributed by atoms with Crippen LogP contribution < -0.4 is 5.32 Å². The molecule has 5 nitrogen and oxygen atoms in total. The number of ether oxygens (including phenoxy) is 1. The van der Waals surface area contributed by atoms with Crippen LogP contribution in [-0.4, -0.2) is 61.9 Å². The van der Waals surface area contributed by atoms with E-state index < -0.39 is 0 Å². The van der Waals surface area contributed by atoms with E-state index in [1.165, 1.54) is 0 Å². The Labute approximate surface area is 97.8 Å². The number of carbonyl (C=O) groups excluding carboxylic acids is 1. The van der Waals surface area contributed by atoms with E-state index in [0.717, 1.165) is 13.1 Å². The second-order valence-electron chi connectivity index (χ2n) is 3.87. The number of methoxy groups -OCH3 is 1. The third kappa shape index (κ3) is 7.62. The molecule has 0 aliphatic rings. The summed E-state index contributed by atoms with van der Waals surface area (Å²) in [5.74, 6) is 0.00402. The van der Waals surface area contributed by atoms with Crippen LogP contribution in [0.4, 0.5) is 0 Å². The molecule has 1 unspecified atom stereocenters. The molecule has 0 fully saturated rings. The molecule has 5 heteroatoms. The van der Waals surface area contributed by atoms with Crippen molar-refractivity contribution >= 4 is 5.91 Å². The lowest BCUT2D eigenvalue weighted by Gasteiger charge is -2.20. The SMILES string of the molecule is CCN(CCCO)CC(=O)NC(C)COC. The molecular formula is C11H24N2O3. The molecule has 96 valence electrons. The Balaban J connectivity index is 3.81. The summed E-state index contributed by atoms with van der Waals surface area (Å²) in [6.45, 7) is 6.54. The number of aliphatic hydroxyl groups excluding tert-OH is 1. The highest BCUT2D eigenvalue weighted by atomic mass is 16.5. The number of likely N-dealkylation sites (N-methyl/N-ethyl adjacent to an activating group) is 1. The van der Waals surface area contributed by atoms with Crippen LogP contribution in [0.25, 0.3) is 0 Å². The van der Waals surface area contributed by atoms with Crippen molar-refractivity contribution in [2.45, 2.75) is 26.3 Å². The largest absolute Gasteiger partial charge is 0.396 e. The Morgan fingerprint density at radius 1 is 1.56 bits per heavy atom. The number of nitrogens with one attached hydrogen (secondary N) is 1. The second kappa shape index (κ2) is 9.57. The van der Waals surface area contributed by atoms with Crippen molar-refractivity contribution in [1.82, 2.24) is 10.2 Å². The molecule has 16 heavy (non-hydrogen) atoms. The highest BCUT2D eigenvalue weighted by Gasteiger charge is 2.10. The van der Waals surface area contributed by atoms with E-state index in [-0.39, 0.29) is 18.6 Å². The molecule has 1 atom stereocenters. The Morgan fingerprint density at radius 2 is 2.25 bits per heavy atom. The monoisotopic (exact) mass is 232 g/mol. The van der Waals surface area contributed by atoms with Crippen LogP contribution in [0.3, 0.4) is 0 Å². The molecule has 0 rings (SSSR count). The van der Waals surface area contributed by atoms with E-state index in [1.54, 1.807) is 7.11 Å². The third-order valence-corrected chi connectivity index (χ3v) is 2.27. The van der Waals surface area contributed by atoms with E-state index in [9.17, 15) is 4.79 Å². The number of amides is 1. The van der Waals surface area contributed by atoms with Gasteiger partial charge in [0.25, 0.3) is 0 Å². The fourth-order valence-electron chi connectivity index (χ4n) is 1.46. The van der Waals surface area contributed by atoms with Crippen molar-refractivity contribution in [1.29, 1.82) is 0 Å². The van der Waals surface area contributed by atoms with E-state index in [1.807, 2.05) is 18.7 Å². The van der Waals surface area contributed by atoms with Crippen molar-refractivity contribution < 1.29 is 14.6 Å². The summed E-state index contributed by atoms with van der Waals surface area (Å²) < 4.78 is 4.94. The first kappa shape index (κ1) is 15.3. The van der Waals surface area contributed by atoms with Gasteiger partial charge in [-0.3, -0.25) is 9.69 Å². The van der Waals surface area contributed by atoms with Crippen LogP contribution in [0.15, 0.2) is 0 Å². The Hall–Kier alpha value is -0.650. The topological polar surface area (TPSA) is 61.8 Å². The number of nitrogens with zero attached hydrogens (tertiary/aromatic N) is 1. The molecule has 0 aliphatic heterocycles. The number of rotatable bonds is 9.